The third-order valence-corrected chi connectivity index (χ3v) is 2.18. The van der Waals surface area contributed by atoms with Crippen LogP contribution in [0.25, 0.3) is 11.3 Å². The first-order chi connectivity index (χ1) is 7.18. The second kappa shape index (κ2) is 3.57. The summed E-state index contributed by atoms with van der Waals surface area (Å²) >= 11 is 0. The van der Waals surface area contributed by atoms with Gasteiger partial charge in [-0.3, -0.25) is 10.1 Å². The molecule has 76 valence electrons. The highest BCUT2D eigenvalue weighted by atomic mass is 16.6. The van der Waals surface area contributed by atoms with Gasteiger partial charge in [-0.05, 0) is 18.6 Å². The van der Waals surface area contributed by atoms with E-state index in [2.05, 4.69) is 0 Å². The van der Waals surface area contributed by atoms with Gasteiger partial charge in [-0.1, -0.05) is 24.3 Å². The summed E-state index contributed by atoms with van der Waals surface area (Å²) in [6, 6.07) is 10.6. The zero-order valence-corrected chi connectivity index (χ0v) is 8.14. The van der Waals surface area contributed by atoms with Crippen molar-refractivity contribution in [2.75, 3.05) is 0 Å². The Morgan fingerprint density at radius 2 is 1.93 bits per heavy atom. The van der Waals surface area contributed by atoms with Crippen LogP contribution in [0.3, 0.4) is 0 Å². The maximum atomic E-state index is 10.4. The largest absolute Gasteiger partial charge is 0.433 e. The molecule has 0 amide bonds. The van der Waals surface area contributed by atoms with Crippen molar-refractivity contribution in [3.63, 3.8) is 0 Å². The summed E-state index contributed by atoms with van der Waals surface area (Å²) in [6.45, 7) is 1.93. The predicted octanol–water partition coefficient (Wildman–Crippen LogP) is 3.16. The summed E-state index contributed by atoms with van der Waals surface area (Å²) in [7, 11) is 0. The molecule has 1 aromatic heterocycles. The number of furan rings is 1. The summed E-state index contributed by atoms with van der Waals surface area (Å²) in [5, 5.41) is 10.4. The van der Waals surface area contributed by atoms with Crippen molar-refractivity contribution in [3.05, 3.63) is 52.1 Å². The highest BCUT2D eigenvalue weighted by Crippen LogP contribution is 2.27. The molecule has 0 spiro atoms. The van der Waals surface area contributed by atoms with Crippen LogP contribution in [-0.2, 0) is 0 Å². The molecule has 4 heteroatoms. The Kier molecular flexibility index (Phi) is 2.25. The highest BCUT2D eigenvalue weighted by molar-refractivity contribution is 5.62. The Labute approximate surface area is 86.3 Å². The molecule has 15 heavy (non-hydrogen) atoms. The van der Waals surface area contributed by atoms with Gasteiger partial charge in [0.1, 0.15) is 10.7 Å². The summed E-state index contributed by atoms with van der Waals surface area (Å²) in [6.07, 6.45) is 0. The SMILES string of the molecule is Cc1ccccc1-c1ccc([N+](=O)[O-])o1. The van der Waals surface area contributed by atoms with Crippen molar-refractivity contribution in [2.24, 2.45) is 0 Å². The number of aryl methyl sites for hydroxylation is 1. The second-order valence-electron chi connectivity index (χ2n) is 3.21. The van der Waals surface area contributed by atoms with Crippen LogP contribution in [0.15, 0.2) is 40.8 Å². The van der Waals surface area contributed by atoms with E-state index in [0.717, 1.165) is 11.1 Å². The number of nitrogens with zero attached hydrogens (tertiary/aromatic N) is 1. The van der Waals surface area contributed by atoms with Gasteiger partial charge < -0.3 is 4.42 Å². The number of hydrogen-bond acceptors (Lipinski definition) is 3. The maximum absolute atomic E-state index is 10.4. The van der Waals surface area contributed by atoms with Crippen LogP contribution < -0.4 is 0 Å². The quantitative estimate of drug-likeness (QED) is 0.556. The van der Waals surface area contributed by atoms with Crippen molar-refractivity contribution >= 4 is 5.88 Å². The maximum Gasteiger partial charge on any atom is 0.433 e. The van der Waals surface area contributed by atoms with Crippen molar-refractivity contribution < 1.29 is 9.34 Å². The normalized spacial score (nSPS) is 10.2. The molecular weight excluding hydrogens is 194 g/mol. The molecule has 0 aliphatic carbocycles. The molecule has 0 radical (unpaired) electrons. The first-order valence-electron chi connectivity index (χ1n) is 4.49. The standard InChI is InChI=1S/C11H9NO3/c1-8-4-2-3-5-9(8)10-6-7-11(15-10)12(13)14/h2-7H,1H3. The lowest BCUT2D eigenvalue weighted by Crippen LogP contribution is -1.83. The van der Waals surface area contributed by atoms with E-state index in [4.69, 9.17) is 4.42 Å². The van der Waals surface area contributed by atoms with E-state index in [-0.39, 0.29) is 5.88 Å². The number of benzene rings is 1. The molecule has 0 aliphatic rings. The second-order valence-corrected chi connectivity index (χ2v) is 3.21. The minimum Gasteiger partial charge on any atom is -0.401 e. The predicted molar refractivity (Wildman–Crippen MR) is 55.5 cm³/mol. The summed E-state index contributed by atoms with van der Waals surface area (Å²) in [5.41, 5.74) is 1.91. The molecule has 0 bridgehead atoms. The van der Waals surface area contributed by atoms with Crippen molar-refractivity contribution in [1.82, 2.24) is 0 Å². The third-order valence-electron chi connectivity index (χ3n) is 2.18. The van der Waals surface area contributed by atoms with Crippen LogP contribution in [-0.4, -0.2) is 4.92 Å². The number of hydrogen-bond donors (Lipinski definition) is 0. The lowest BCUT2D eigenvalue weighted by molar-refractivity contribution is -0.401. The first-order valence-corrected chi connectivity index (χ1v) is 4.49. The number of nitro groups is 1. The van der Waals surface area contributed by atoms with Crippen LogP contribution in [0.1, 0.15) is 5.56 Å². The smallest absolute Gasteiger partial charge is 0.401 e. The molecule has 0 aliphatic heterocycles. The molecule has 4 nitrogen and oxygen atoms in total. The van der Waals surface area contributed by atoms with Crippen molar-refractivity contribution in [1.29, 1.82) is 0 Å². The topological polar surface area (TPSA) is 56.3 Å². The molecule has 2 rings (SSSR count). The molecular formula is C11H9NO3. The Bertz CT molecular complexity index is 502. The Morgan fingerprint density at radius 1 is 1.20 bits per heavy atom. The van der Waals surface area contributed by atoms with E-state index in [9.17, 15) is 10.1 Å². The molecule has 0 N–H and O–H groups in total. The van der Waals surface area contributed by atoms with Crippen LogP contribution >= 0.6 is 0 Å². The summed E-state index contributed by atoms with van der Waals surface area (Å²) < 4.78 is 5.11. The minimum atomic E-state index is -0.540. The first kappa shape index (κ1) is 9.45. The fourth-order valence-corrected chi connectivity index (χ4v) is 1.42. The Morgan fingerprint density at radius 3 is 2.53 bits per heavy atom. The van der Waals surface area contributed by atoms with Gasteiger partial charge in [0.15, 0.2) is 0 Å². The third kappa shape index (κ3) is 1.74. The van der Waals surface area contributed by atoms with E-state index < -0.39 is 4.92 Å². The molecule has 0 fully saturated rings. The number of rotatable bonds is 2. The van der Waals surface area contributed by atoms with Gasteiger partial charge in [0.25, 0.3) is 0 Å². The van der Waals surface area contributed by atoms with Gasteiger partial charge in [0.05, 0.1) is 6.07 Å². The average molecular weight is 203 g/mol. The van der Waals surface area contributed by atoms with Crippen molar-refractivity contribution in [2.45, 2.75) is 6.92 Å². The summed E-state index contributed by atoms with van der Waals surface area (Å²) in [4.78, 5) is 9.90. The lowest BCUT2D eigenvalue weighted by Gasteiger charge is -1.99. The molecule has 0 saturated carbocycles. The van der Waals surface area contributed by atoms with Gasteiger partial charge in [-0.15, -0.1) is 0 Å². The Hall–Kier alpha value is -2.10. The van der Waals surface area contributed by atoms with E-state index in [0.29, 0.717) is 5.76 Å². The van der Waals surface area contributed by atoms with Gasteiger partial charge in [0, 0.05) is 5.56 Å². The van der Waals surface area contributed by atoms with Gasteiger partial charge in [-0.25, -0.2) is 0 Å². The summed E-state index contributed by atoms with van der Waals surface area (Å²) in [5.74, 6) is 0.299. The Balaban J connectivity index is 2.46. The molecule has 2 aromatic rings. The molecule has 0 atom stereocenters. The monoisotopic (exact) mass is 203 g/mol. The fraction of sp³-hybridized carbons (Fsp3) is 0.0909. The molecule has 0 saturated heterocycles. The zero-order chi connectivity index (χ0) is 10.8. The minimum absolute atomic E-state index is 0.228. The van der Waals surface area contributed by atoms with E-state index in [1.807, 2.05) is 31.2 Å². The molecule has 1 aromatic carbocycles. The van der Waals surface area contributed by atoms with E-state index in [1.54, 1.807) is 6.07 Å². The molecule has 1 heterocycles. The van der Waals surface area contributed by atoms with Crippen molar-refractivity contribution in [3.8, 4) is 11.3 Å². The van der Waals surface area contributed by atoms with E-state index in [1.165, 1.54) is 6.07 Å². The van der Waals surface area contributed by atoms with Gasteiger partial charge >= 0.3 is 5.88 Å². The highest BCUT2D eigenvalue weighted by Gasteiger charge is 2.13. The van der Waals surface area contributed by atoms with Gasteiger partial charge in [-0.2, -0.15) is 0 Å². The van der Waals surface area contributed by atoms with Crippen LogP contribution in [0.2, 0.25) is 0 Å². The van der Waals surface area contributed by atoms with Gasteiger partial charge in [0.2, 0.25) is 0 Å². The van der Waals surface area contributed by atoms with Crippen LogP contribution in [0.4, 0.5) is 5.88 Å². The lowest BCUT2D eigenvalue weighted by atomic mass is 10.1. The zero-order valence-electron chi connectivity index (χ0n) is 8.14. The average Bonchev–Trinajstić information content (AvgIpc) is 2.67. The van der Waals surface area contributed by atoms with Crippen LogP contribution in [0.5, 0.6) is 0 Å². The fourth-order valence-electron chi connectivity index (χ4n) is 1.42. The molecule has 0 unspecified atom stereocenters. The van der Waals surface area contributed by atoms with Crippen LogP contribution in [0, 0.1) is 17.0 Å². The van der Waals surface area contributed by atoms with E-state index >= 15 is 0 Å².